The van der Waals surface area contributed by atoms with Crippen LogP contribution in [0, 0.1) is 5.41 Å². The summed E-state index contributed by atoms with van der Waals surface area (Å²) in [6, 6.07) is 0.121. The maximum atomic E-state index is 11.3. The summed E-state index contributed by atoms with van der Waals surface area (Å²) in [6.45, 7) is 14.9. The van der Waals surface area contributed by atoms with Gasteiger partial charge in [0, 0.05) is 6.04 Å². The monoisotopic (exact) mass is 245 g/mol. The van der Waals surface area contributed by atoms with E-state index in [1.165, 1.54) is 0 Å². The summed E-state index contributed by atoms with van der Waals surface area (Å²) in [5.41, 5.74) is 0.0719. The minimum absolute atomic E-state index is 0.0719. The first-order valence-electron chi connectivity index (χ1n) is 6.81. The Balaban J connectivity index is 0. The molecule has 0 aliphatic heterocycles. The number of hydrogen-bond acceptors (Lipinski definition) is 2. The second kappa shape index (κ2) is 10.4. The Labute approximate surface area is 107 Å². The number of carbonyl (C=O) groups excluding carboxylic acids is 1. The van der Waals surface area contributed by atoms with Gasteiger partial charge in [-0.05, 0) is 18.8 Å². The number of nitrogens with one attached hydrogen (secondary N) is 1. The molecular weight excluding hydrogens is 214 g/mol. The second-order valence-electron chi connectivity index (χ2n) is 5.08. The summed E-state index contributed by atoms with van der Waals surface area (Å²) < 4.78 is 5.06. The molecule has 0 aromatic heterocycles. The third-order valence-corrected chi connectivity index (χ3v) is 2.61. The SMILES string of the molecule is CC.CCCCCOC(=O)NC(C)C(C)(C)C. The van der Waals surface area contributed by atoms with Crippen LogP contribution in [0.15, 0.2) is 0 Å². The zero-order valence-electron chi connectivity index (χ0n) is 12.7. The van der Waals surface area contributed by atoms with E-state index in [0.29, 0.717) is 6.61 Å². The second-order valence-corrected chi connectivity index (χ2v) is 5.08. The van der Waals surface area contributed by atoms with E-state index in [4.69, 9.17) is 4.74 Å². The zero-order valence-corrected chi connectivity index (χ0v) is 12.7. The molecule has 1 unspecified atom stereocenters. The highest BCUT2D eigenvalue weighted by Crippen LogP contribution is 2.18. The number of carbonyl (C=O) groups is 1. The largest absolute Gasteiger partial charge is 0.450 e. The molecule has 0 heterocycles. The summed E-state index contributed by atoms with van der Waals surface area (Å²) in [5.74, 6) is 0. The van der Waals surface area contributed by atoms with E-state index in [9.17, 15) is 4.79 Å². The van der Waals surface area contributed by atoms with Crippen molar-refractivity contribution in [3.8, 4) is 0 Å². The van der Waals surface area contributed by atoms with E-state index < -0.39 is 0 Å². The van der Waals surface area contributed by atoms with E-state index in [1.807, 2.05) is 20.8 Å². The van der Waals surface area contributed by atoms with Gasteiger partial charge in [0.25, 0.3) is 0 Å². The van der Waals surface area contributed by atoms with Crippen LogP contribution in [-0.4, -0.2) is 18.7 Å². The molecule has 1 amide bonds. The van der Waals surface area contributed by atoms with Crippen LogP contribution in [0.25, 0.3) is 0 Å². The molecule has 0 aliphatic rings. The van der Waals surface area contributed by atoms with Gasteiger partial charge in [-0.1, -0.05) is 54.4 Å². The standard InChI is InChI=1S/C12H25NO2.C2H6/c1-6-7-8-9-15-11(14)13-10(2)12(3,4)5;1-2/h10H,6-9H2,1-5H3,(H,13,14);1-2H3. The van der Waals surface area contributed by atoms with Crippen molar-refractivity contribution >= 4 is 6.09 Å². The van der Waals surface area contributed by atoms with Crippen LogP contribution in [-0.2, 0) is 4.74 Å². The van der Waals surface area contributed by atoms with Crippen molar-refractivity contribution in [3.05, 3.63) is 0 Å². The van der Waals surface area contributed by atoms with Crippen molar-refractivity contribution in [2.24, 2.45) is 5.41 Å². The van der Waals surface area contributed by atoms with Gasteiger partial charge in [-0.25, -0.2) is 4.79 Å². The van der Waals surface area contributed by atoms with Gasteiger partial charge >= 0.3 is 6.09 Å². The predicted octanol–water partition coefficient (Wildman–Crippen LogP) is 4.36. The van der Waals surface area contributed by atoms with E-state index in [0.717, 1.165) is 19.3 Å². The van der Waals surface area contributed by atoms with Crippen molar-refractivity contribution in [3.63, 3.8) is 0 Å². The molecule has 0 aromatic rings. The van der Waals surface area contributed by atoms with Crippen molar-refractivity contribution in [2.45, 2.75) is 73.8 Å². The highest BCUT2D eigenvalue weighted by Gasteiger charge is 2.21. The summed E-state index contributed by atoms with van der Waals surface area (Å²) in [7, 11) is 0. The molecule has 0 saturated heterocycles. The van der Waals surface area contributed by atoms with Gasteiger partial charge in [0.1, 0.15) is 0 Å². The van der Waals surface area contributed by atoms with E-state index >= 15 is 0 Å². The number of amides is 1. The first-order chi connectivity index (χ1) is 7.88. The molecular formula is C14H31NO2. The maximum absolute atomic E-state index is 11.3. The summed E-state index contributed by atoms with van der Waals surface area (Å²) >= 11 is 0. The average molecular weight is 245 g/mol. The number of unbranched alkanes of at least 4 members (excludes halogenated alkanes) is 2. The fourth-order valence-corrected chi connectivity index (χ4v) is 0.952. The molecule has 0 rings (SSSR count). The molecule has 0 aromatic carbocycles. The normalized spacial score (nSPS) is 12.2. The third-order valence-electron chi connectivity index (χ3n) is 2.61. The Morgan fingerprint density at radius 2 is 1.76 bits per heavy atom. The van der Waals surface area contributed by atoms with Gasteiger partial charge in [0.05, 0.1) is 6.61 Å². The van der Waals surface area contributed by atoms with Crippen molar-refractivity contribution in [1.82, 2.24) is 5.32 Å². The molecule has 0 bridgehead atoms. The number of hydrogen-bond donors (Lipinski definition) is 1. The molecule has 0 spiro atoms. The molecule has 1 atom stereocenters. The van der Waals surface area contributed by atoms with Gasteiger partial charge in [0.2, 0.25) is 0 Å². The van der Waals surface area contributed by atoms with Gasteiger partial charge in [-0.2, -0.15) is 0 Å². The number of ether oxygens (including phenoxy) is 1. The topological polar surface area (TPSA) is 38.3 Å². The molecule has 3 nitrogen and oxygen atoms in total. The maximum Gasteiger partial charge on any atom is 0.407 e. The lowest BCUT2D eigenvalue weighted by molar-refractivity contribution is 0.132. The molecule has 3 heteroatoms. The van der Waals surface area contributed by atoms with Crippen molar-refractivity contribution < 1.29 is 9.53 Å². The molecule has 0 saturated carbocycles. The van der Waals surface area contributed by atoms with Crippen LogP contribution in [0.4, 0.5) is 4.79 Å². The molecule has 17 heavy (non-hydrogen) atoms. The Bertz CT molecular complexity index is 185. The van der Waals surface area contributed by atoms with Crippen LogP contribution in [0.1, 0.15) is 67.7 Å². The van der Waals surface area contributed by atoms with E-state index in [-0.39, 0.29) is 17.6 Å². The molecule has 0 fully saturated rings. The van der Waals surface area contributed by atoms with Crippen LogP contribution in [0.2, 0.25) is 0 Å². The van der Waals surface area contributed by atoms with Crippen LogP contribution < -0.4 is 5.32 Å². The zero-order chi connectivity index (χ0) is 13.9. The first-order valence-corrected chi connectivity index (χ1v) is 6.81. The summed E-state index contributed by atoms with van der Waals surface area (Å²) in [5, 5.41) is 2.84. The third kappa shape index (κ3) is 11.5. The van der Waals surface area contributed by atoms with E-state index in [2.05, 4.69) is 33.0 Å². The van der Waals surface area contributed by atoms with Crippen LogP contribution in [0.3, 0.4) is 0 Å². The fraction of sp³-hybridized carbons (Fsp3) is 0.929. The highest BCUT2D eigenvalue weighted by molar-refractivity contribution is 5.67. The van der Waals surface area contributed by atoms with Gasteiger partial charge < -0.3 is 10.1 Å². The smallest absolute Gasteiger partial charge is 0.407 e. The lowest BCUT2D eigenvalue weighted by Gasteiger charge is -2.27. The van der Waals surface area contributed by atoms with Crippen LogP contribution >= 0.6 is 0 Å². The quantitative estimate of drug-likeness (QED) is 0.731. The minimum Gasteiger partial charge on any atom is -0.450 e. The summed E-state index contributed by atoms with van der Waals surface area (Å²) in [4.78, 5) is 11.3. The number of alkyl carbamates (subject to hydrolysis) is 1. The average Bonchev–Trinajstić information content (AvgIpc) is 2.26. The summed E-state index contributed by atoms with van der Waals surface area (Å²) in [6.07, 6.45) is 2.91. The van der Waals surface area contributed by atoms with Crippen molar-refractivity contribution in [1.29, 1.82) is 0 Å². The van der Waals surface area contributed by atoms with Gasteiger partial charge in [0.15, 0.2) is 0 Å². The Kier molecular flexibility index (Phi) is 11.4. The number of rotatable bonds is 5. The molecule has 104 valence electrons. The lowest BCUT2D eigenvalue weighted by Crippen LogP contribution is -2.41. The predicted molar refractivity (Wildman–Crippen MR) is 74.3 cm³/mol. The Hall–Kier alpha value is -0.730. The minimum atomic E-state index is -0.298. The first kappa shape index (κ1) is 18.6. The molecule has 1 N–H and O–H groups in total. The fourth-order valence-electron chi connectivity index (χ4n) is 0.952. The molecule has 0 radical (unpaired) electrons. The lowest BCUT2D eigenvalue weighted by atomic mass is 9.88. The van der Waals surface area contributed by atoms with Gasteiger partial charge in [-0.3, -0.25) is 0 Å². The highest BCUT2D eigenvalue weighted by atomic mass is 16.5. The molecule has 0 aliphatic carbocycles. The van der Waals surface area contributed by atoms with Crippen molar-refractivity contribution in [2.75, 3.05) is 6.61 Å². The van der Waals surface area contributed by atoms with Gasteiger partial charge in [-0.15, -0.1) is 0 Å². The van der Waals surface area contributed by atoms with E-state index in [1.54, 1.807) is 0 Å². The Morgan fingerprint density at radius 1 is 1.24 bits per heavy atom. The van der Waals surface area contributed by atoms with Crippen LogP contribution in [0.5, 0.6) is 0 Å². The Morgan fingerprint density at radius 3 is 2.18 bits per heavy atom.